The highest BCUT2D eigenvalue weighted by Crippen LogP contribution is 2.23. The number of ether oxygens (including phenoxy) is 1. The highest BCUT2D eigenvalue weighted by Gasteiger charge is 2.13. The van der Waals surface area contributed by atoms with Gasteiger partial charge in [0.05, 0.1) is 13.0 Å². The fraction of sp³-hybridized carbons (Fsp3) is 0.333. The number of nitrogens with one attached hydrogen (secondary N) is 1. The lowest BCUT2D eigenvalue weighted by molar-refractivity contribution is -0.120. The molecule has 6 heteroatoms. The molecule has 0 atom stereocenters. The van der Waals surface area contributed by atoms with Gasteiger partial charge in [-0.3, -0.25) is 9.78 Å². The number of nitrogens with zero attached hydrogens (tertiary/aromatic N) is 2. The number of piperidine rings is 1. The summed E-state index contributed by atoms with van der Waals surface area (Å²) in [4.78, 5) is 19.1. The first kappa shape index (κ1) is 22.8. The zero-order valence-corrected chi connectivity index (χ0v) is 19.0. The summed E-state index contributed by atoms with van der Waals surface area (Å²) in [5, 5.41) is 2.89. The van der Waals surface area contributed by atoms with Crippen molar-refractivity contribution in [3.63, 3.8) is 0 Å². The van der Waals surface area contributed by atoms with Crippen molar-refractivity contribution in [3.8, 4) is 16.9 Å². The molecule has 0 saturated carbocycles. The molecular formula is C27H30FN3O2. The third kappa shape index (κ3) is 6.31. The molecular weight excluding hydrogens is 417 g/mol. The molecule has 3 aromatic rings. The van der Waals surface area contributed by atoms with E-state index in [4.69, 9.17) is 4.74 Å². The third-order valence-electron chi connectivity index (χ3n) is 5.82. The molecule has 172 valence electrons. The Bertz CT molecular complexity index is 1060. The molecule has 1 fully saturated rings. The summed E-state index contributed by atoms with van der Waals surface area (Å²) in [7, 11) is 0. The third-order valence-corrected chi connectivity index (χ3v) is 5.82. The predicted molar refractivity (Wildman–Crippen MR) is 129 cm³/mol. The lowest BCUT2D eigenvalue weighted by atomic mass is 10.1. The van der Waals surface area contributed by atoms with Crippen LogP contribution < -0.4 is 15.0 Å². The molecule has 0 spiro atoms. The highest BCUT2D eigenvalue weighted by molar-refractivity contribution is 5.78. The van der Waals surface area contributed by atoms with Gasteiger partial charge in [-0.15, -0.1) is 0 Å². The highest BCUT2D eigenvalue weighted by atomic mass is 19.1. The Morgan fingerprint density at radius 3 is 2.48 bits per heavy atom. The standard InChI is InChI=1S/C27H30FN3O2/c1-2-33-26-10-7-21(8-11-26)22-6-9-24(29-19-22)17-27(32)30-18-20-14-23(28)16-25(15-20)31-12-4-3-5-13-31/h6-11,14-16,19H,2-5,12-13,17-18H2,1H3,(H,30,32). The molecule has 5 nitrogen and oxygen atoms in total. The lowest BCUT2D eigenvalue weighted by Gasteiger charge is -2.29. The number of carbonyl (C=O) groups excluding carboxylic acids is 1. The van der Waals surface area contributed by atoms with E-state index in [0.29, 0.717) is 18.8 Å². The number of benzene rings is 2. The second kappa shape index (κ2) is 10.9. The number of carbonyl (C=O) groups is 1. The molecule has 0 bridgehead atoms. The topological polar surface area (TPSA) is 54.5 Å². The van der Waals surface area contributed by atoms with Crippen LogP contribution >= 0.6 is 0 Å². The van der Waals surface area contributed by atoms with Crippen LogP contribution in [0.25, 0.3) is 11.1 Å². The number of pyridine rings is 1. The van der Waals surface area contributed by atoms with Gasteiger partial charge in [0.25, 0.3) is 0 Å². The van der Waals surface area contributed by atoms with Crippen LogP contribution in [0.2, 0.25) is 0 Å². The van der Waals surface area contributed by atoms with Gasteiger partial charge in [0.1, 0.15) is 11.6 Å². The van der Waals surface area contributed by atoms with E-state index in [1.807, 2.05) is 49.4 Å². The van der Waals surface area contributed by atoms with Crippen LogP contribution in [0.1, 0.15) is 37.4 Å². The van der Waals surface area contributed by atoms with Crippen LogP contribution in [-0.2, 0) is 17.8 Å². The van der Waals surface area contributed by atoms with Crippen molar-refractivity contribution in [3.05, 3.63) is 77.9 Å². The smallest absolute Gasteiger partial charge is 0.226 e. The van der Waals surface area contributed by atoms with Crippen LogP contribution in [-0.4, -0.2) is 30.6 Å². The Hall–Kier alpha value is -3.41. The Morgan fingerprint density at radius 1 is 1.03 bits per heavy atom. The molecule has 2 aromatic carbocycles. The zero-order valence-electron chi connectivity index (χ0n) is 19.0. The van der Waals surface area contributed by atoms with Crippen molar-refractivity contribution in [1.82, 2.24) is 10.3 Å². The van der Waals surface area contributed by atoms with E-state index >= 15 is 0 Å². The predicted octanol–water partition coefficient (Wildman–Crippen LogP) is 5.14. The van der Waals surface area contributed by atoms with Gasteiger partial charge < -0.3 is 15.0 Å². The summed E-state index contributed by atoms with van der Waals surface area (Å²) in [6, 6.07) is 16.7. The van der Waals surface area contributed by atoms with Gasteiger partial charge in [-0.2, -0.15) is 0 Å². The van der Waals surface area contributed by atoms with Crippen LogP contribution in [0.4, 0.5) is 10.1 Å². The lowest BCUT2D eigenvalue weighted by Crippen LogP contribution is -2.30. The van der Waals surface area contributed by atoms with Gasteiger partial charge in [-0.1, -0.05) is 18.2 Å². The first-order chi connectivity index (χ1) is 16.1. The summed E-state index contributed by atoms with van der Waals surface area (Å²) in [5.41, 5.74) is 4.37. The molecule has 2 heterocycles. The van der Waals surface area contributed by atoms with E-state index in [9.17, 15) is 9.18 Å². The molecule has 33 heavy (non-hydrogen) atoms. The van der Waals surface area contributed by atoms with Crippen molar-refractivity contribution in [2.75, 3.05) is 24.6 Å². The Kier molecular flexibility index (Phi) is 7.55. The summed E-state index contributed by atoms with van der Waals surface area (Å²) in [5.74, 6) is 0.429. The molecule has 0 radical (unpaired) electrons. The second-order valence-corrected chi connectivity index (χ2v) is 8.31. The molecule has 1 aromatic heterocycles. The van der Waals surface area contributed by atoms with Crippen LogP contribution in [0.3, 0.4) is 0 Å². The largest absolute Gasteiger partial charge is 0.494 e. The van der Waals surface area contributed by atoms with E-state index in [2.05, 4.69) is 15.2 Å². The van der Waals surface area contributed by atoms with E-state index in [1.165, 1.54) is 12.5 Å². The molecule has 1 aliphatic heterocycles. The number of halogens is 1. The normalized spacial score (nSPS) is 13.6. The first-order valence-corrected chi connectivity index (χ1v) is 11.6. The minimum absolute atomic E-state index is 0.139. The molecule has 1 saturated heterocycles. The minimum atomic E-state index is -0.270. The molecule has 1 N–H and O–H groups in total. The van der Waals surface area contributed by atoms with Gasteiger partial charge in [0, 0.05) is 42.8 Å². The number of anilines is 1. The number of rotatable bonds is 8. The maximum Gasteiger partial charge on any atom is 0.226 e. The number of aromatic nitrogens is 1. The molecule has 1 amide bonds. The molecule has 4 rings (SSSR count). The Morgan fingerprint density at radius 2 is 1.79 bits per heavy atom. The van der Waals surface area contributed by atoms with Crippen molar-refractivity contribution < 1.29 is 13.9 Å². The maximum atomic E-state index is 14.1. The Labute approximate surface area is 194 Å². The first-order valence-electron chi connectivity index (χ1n) is 11.6. The van der Waals surface area contributed by atoms with Crippen LogP contribution in [0.15, 0.2) is 60.8 Å². The van der Waals surface area contributed by atoms with Gasteiger partial charge in [-0.05, 0) is 73.7 Å². The van der Waals surface area contributed by atoms with Gasteiger partial charge >= 0.3 is 0 Å². The molecule has 1 aliphatic rings. The summed E-state index contributed by atoms with van der Waals surface area (Å²) >= 11 is 0. The molecule has 0 unspecified atom stereocenters. The van der Waals surface area contributed by atoms with Gasteiger partial charge in [0.15, 0.2) is 0 Å². The summed E-state index contributed by atoms with van der Waals surface area (Å²) < 4.78 is 19.6. The van der Waals surface area contributed by atoms with E-state index in [0.717, 1.165) is 54.1 Å². The fourth-order valence-corrected chi connectivity index (χ4v) is 4.11. The van der Waals surface area contributed by atoms with E-state index in [-0.39, 0.29) is 18.1 Å². The van der Waals surface area contributed by atoms with Crippen molar-refractivity contribution >= 4 is 11.6 Å². The monoisotopic (exact) mass is 447 g/mol. The second-order valence-electron chi connectivity index (χ2n) is 8.31. The van der Waals surface area contributed by atoms with Crippen molar-refractivity contribution in [1.29, 1.82) is 0 Å². The summed E-state index contributed by atoms with van der Waals surface area (Å²) in [6.45, 7) is 4.79. The average molecular weight is 448 g/mol. The molecule has 0 aliphatic carbocycles. The van der Waals surface area contributed by atoms with Crippen LogP contribution in [0.5, 0.6) is 5.75 Å². The van der Waals surface area contributed by atoms with E-state index in [1.54, 1.807) is 12.3 Å². The zero-order chi connectivity index (χ0) is 23.0. The minimum Gasteiger partial charge on any atom is -0.494 e. The quantitative estimate of drug-likeness (QED) is 0.520. The number of hydrogen-bond acceptors (Lipinski definition) is 4. The summed E-state index contributed by atoms with van der Waals surface area (Å²) in [6.07, 6.45) is 5.44. The van der Waals surface area contributed by atoms with Gasteiger partial charge in [-0.25, -0.2) is 4.39 Å². The SMILES string of the molecule is CCOc1ccc(-c2ccc(CC(=O)NCc3cc(F)cc(N4CCCCC4)c3)nc2)cc1. The van der Waals surface area contributed by atoms with Crippen LogP contribution in [0, 0.1) is 5.82 Å². The van der Waals surface area contributed by atoms with Crippen molar-refractivity contribution in [2.45, 2.75) is 39.2 Å². The maximum absolute atomic E-state index is 14.1. The number of amides is 1. The van der Waals surface area contributed by atoms with E-state index < -0.39 is 0 Å². The number of hydrogen-bond donors (Lipinski definition) is 1. The van der Waals surface area contributed by atoms with Gasteiger partial charge in [0.2, 0.25) is 5.91 Å². The fourth-order valence-electron chi connectivity index (χ4n) is 4.11. The average Bonchev–Trinajstić information content (AvgIpc) is 2.84. The van der Waals surface area contributed by atoms with Crippen molar-refractivity contribution in [2.24, 2.45) is 0 Å². The Balaban J connectivity index is 1.32.